The van der Waals surface area contributed by atoms with E-state index in [1.807, 2.05) is 24.3 Å². The molecule has 0 heterocycles. The zero-order valence-electron chi connectivity index (χ0n) is 11.1. The quantitative estimate of drug-likeness (QED) is 0.684. The largest absolute Gasteiger partial charge is 0.491 e. The molecule has 1 rings (SSSR count). The Bertz CT molecular complexity index is 284. The fraction of sp³-hybridized carbons (Fsp3) is 0.600. The predicted octanol–water partition coefficient (Wildman–Crippen LogP) is 3.71. The summed E-state index contributed by atoms with van der Waals surface area (Å²) in [5.41, 5.74) is 0. The molecule has 0 fully saturated rings. The van der Waals surface area contributed by atoms with Gasteiger partial charge in [0.05, 0.1) is 6.10 Å². The number of hydrogen-bond donors (Lipinski definition) is 0. The molecule has 0 amide bonds. The number of benzene rings is 1. The summed E-state index contributed by atoms with van der Waals surface area (Å²) in [6.45, 7) is 5.13. The molecule has 0 saturated carbocycles. The zero-order valence-corrected chi connectivity index (χ0v) is 11.1. The van der Waals surface area contributed by atoms with Crippen molar-refractivity contribution >= 4 is 0 Å². The maximum atomic E-state index is 5.68. The summed E-state index contributed by atoms with van der Waals surface area (Å²) in [4.78, 5) is 0. The first-order chi connectivity index (χ1) is 8.26. The van der Waals surface area contributed by atoms with Crippen molar-refractivity contribution in [3.63, 3.8) is 0 Å². The van der Waals surface area contributed by atoms with Crippen molar-refractivity contribution in [2.24, 2.45) is 5.92 Å². The molecule has 2 unspecified atom stereocenters. The average Bonchev–Trinajstić information content (AvgIpc) is 2.39. The first kappa shape index (κ1) is 14.0. The highest BCUT2D eigenvalue weighted by molar-refractivity contribution is 5.20. The smallest absolute Gasteiger partial charge is 0.119 e. The highest BCUT2D eigenvalue weighted by Crippen LogP contribution is 2.14. The van der Waals surface area contributed by atoms with Crippen LogP contribution in [0.5, 0.6) is 5.75 Å². The molecule has 2 nitrogen and oxygen atoms in total. The highest BCUT2D eigenvalue weighted by atomic mass is 16.5. The third-order valence-corrected chi connectivity index (χ3v) is 3.14. The summed E-state index contributed by atoms with van der Waals surface area (Å²) in [5.74, 6) is 1.65. The SMILES string of the molecule is CCC(C)CCC(COc1cc[c]cc1)OC. The number of rotatable bonds is 8. The molecule has 0 bridgehead atoms. The van der Waals surface area contributed by atoms with E-state index < -0.39 is 0 Å². The summed E-state index contributed by atoms with van der Waals surface area (Å²) in [7, 11) is 1.75. The second-order valence-electron chi connectivity index (χ2n) is 4.50. The van der Waals surface area contributed by atoms with Gasteiger partial charge < -0.3 is 9.47 Å². The fourth-order valence-electron chi connectivity index (χ4n) is 1.60. The standard InChI is InChI=1S/C15H23O2/c1-4-13(2)10-11-15(16-3)12-17-14-8-6-5-7-9-14/h6-9,13,15H,4,10-12H2,1-3H3. The summed E-state index contributed by atoms with van der Waals surface area (Å²) in [6.07, 6.45) is 3.67. The molecule has 1 aromatic rings. The number of methoxy groups -OCH3 is 1. The molecule has 0 aliphatic heterocycles. The Hall–Kier alpha value is -1.02. The molecule has 0 aliphatic rings. The van der Waals surface area contributed by atoms with Gasteiger partial charge in [-0.2, -0.15) is 0 Å². The molecule has 95 valence electrons. The Morgan fingerprint density at radius 3 is 2.53 bits per heavy atom. The molecule has 17 heavy (non-hydrogen) atoms. The van der Waals surface area contributed by atoms with Crippen molar-refractivity contribution in [3.05, 3.63) is 30.3 Å². The average molecular weight is 235 g/mol. The van der Waals surface area contributed by atoms with Gasteiger partial charge in [0.25, 0.3) is 0 Å². The minimum atomic E-state index is 0.188. The van der Waals surface area contributed by atoms with Crippen LogP contribution in [0.2, 0.25) is 0 Å². The molecule has 0 aliphatic carbocycles. The Morgan fingerprint density at radius 2 is 1.94 bits per heavy atom. The maximum absolute atomic E-state index is 5.68. The first-order valence-electron chi connectivity index (χ1n) is 6.38. The maximum Gasteiger partial charge on any atom is 0.119 e. The van der Waals surface area contributed by atoms with Gasteiger partial charge in [-0.15, -0.1) is 0 Å². The van der Waals surface area contributed by atoms with E-state index in [1.54, 1.807) is 7.11 Å². The van der Waals surface area contributed by atoms with E-state index in [1.165, 1.54) is 12.8 Å². The van der Waals surface area contributed by atoms with Crippen molar-refractivity contribution < 1.29 is 9.47 Å². The van der Waals surface area contributed by atoms with Gasteiger partial charge in [0.2, 0.25) is 0 Å². The summed E-state index contributed by atoms with van der Waals surface area (Å²) >= 11 is 0. The third kappa shape index (κ3) is 5.73. The molecule has 0 aromatic heterocycles. The topological polar surface area (TPSA) is 18.5 Å². The lowest BCUT2D eigenvalue weighted by Crippen LogP contribution is -2.21. The second kappa shape index (κ2) is 8.13. The van der Waals surface area contributed by atoms with Gasteiger partial charge >= 0.3 is 0 Å². The van der Waals surface area contributed by atoms with Crippen LogP contribution in [0.15, 0.2) is 24.3 Å². The van der Waals surface area contributed by atoms with E-state index in [-0.39, 0.29) is 6.10 Å². The van der Waals surface area contributed by atoms with E-state index in [0.717, 1.165) is 18.1 Å². The molecular formula is C15H23O2. The van der Waals surface area contributed by atoms with E-state index in [9.17, 15) is 0 Å². The molecule has 1 aromatic carbocycles. The molecular weight excluding hydrogens is 212 g/mol. The molecule has 0 saturated heterocycles. The minimum absolute atomic E-state index is 0.188. The lowest BCUT2D eigenvalue weighted by atomic mass is 10.0. The van der Waals surface area contributed by atoms with Crippen molar-refractivity contribution in [3.8, 4) is 5.75 Å². The molecule has 0 N–H and O–H groups in total. The van der Waals surface area contributed by atoms with Crippen LogP contribution in [0, 0.1) is 12.0 Å². The van der Waals surface area contributed by atoms with Crippen molar-refractivity contribution in [1.29, 1.82) is 0 Å². The highest BCUT2D eigenvalue weighted by Gasteiger charge is 2.10. The lowest BCUT2D eigenvalue weighted by Gasteiger charge is -2.18. The van der Waals surface area contributed by atoms with Gasteiger partial charge in [0, 0.05) is 7.11 Å². The van der Waals surface area contributed by atoms with Crippen LogP contribution in [0.1, 0.15) is 33.1 Å². The number of ether oxygens (including phenoxy) is 2. The lowest BCUT2D eigenvalue weighted by molar-refractivity contribution is 0.0477. The summed E-state index contributed by atoms with van der Waals surface area (Å²) in [5, 5.41) is 0. The van der Waals surface area contributed by atoms with Gasteiger partial charge in [-0.05, 0) is 37.0 Å². The predicted molar refractivity (Wildman–Crippen MR) is 70.3 cm³/mol. The van der Waals surface area contributed by atoms with E-state index in [4.69, 9.17) is 9.47 Å². The third-order valence-electron chi connectivity index (χ3n) is 3.14. The zero-order chi connectivity index (χ0) is 12.5. The van der Waals surface area contributed by atoms with Gasteiger partial charge in [-0.25, -0.2) is 0 Å². The molecule has 2 atom stereocenters. The first-order valence-corrected chi connectivity index (χ1v) is 6.38. The van der Waals surface area contributed by atoms with Crippen LogP contribution >= 0.6 is 0 Å². The molecule has 0 spiro atoms. The van der Waals surface area contributed by atoms with Crippen molar-refractivity contribution in [2.75, 3.05) is 13.7 Å². The molecule has 1 radical (unpaired) electrons. The van der Waals surface area contributed by atoms with E-state index >= 15 is 0 Å². The van der Waals surface area contributed by atoms with Crippen molar-refractivity contribution in [2.45, 2.75) is 39.2 Å². The summed E-state index contributed by atoms with van der Waals surface area (Å²) in [6, 6.07) is 10.5. The van der Waals surface area contributed by atoms with Crippen LogP contribution in [0.3, 0.4) is 0 Å². The van der Waals surface area contributed by atoms with Crippen LogP contribution in [-0.4, -0.2) is 19.8 Å². The van der Waals surface area contributed by atoms with Crippen molar-refractivity contribution in [1.82, 2.24) is 0 Å². The van der Waals surface area contributed by atoms with Crippen LogP contribution in [0.4, 0.5) is 0 Å². The monoisotopic (exact) mass is 235 g/mol. The van der Waals surface area contributed by atoms with Gasteiger partial charge in [-0.3, -0.25) is 0 Å². The van der Waals surface area contributed by atoms with Crippen LogP contribution < -0.4 is 4.74 Å². The Kier molecular flexibility index (Phi) is 6.71. The fourth-order valence-corrected chi connectivity index (χ4v) is 1.60. The van der Waals surface area contributed by atoms with Gasteiger partial charge in [0.15, 0.2) is 0 Å². The van der Waals surface area contributed by atoms with Gasteiger partial charge in [-0.1, -0.05) is 32.4 Å². The molecule has 2 heteroatoms. The minimum Gasteiger partial charge on any atom is -0.491 e. The second-order valence-corrected chi connectivity index (χ2v) is 4.50. The Balaban J connectivity index is 2.27. The van der Waals surface area contributed by atoms with E-state index in [0.29, 0.717) is 6.61 Å². The van der Waals surface area contributed by atoms with Crippen LogP contribution in [-0.2, 0) is 4.74 Å². The Labute approximate surface area is 105 Å². The van der Waals surface area contributed by atoms with Gasteiger partial charge in [0.1, 0.15) is 12.4 Å². The normalized spacial score (nSPS) is 14.3. The Morgan fingerprint density at radius 1 is 1.24 bits per heavy atom. The number of hydrogen-bond acceptors (Lipinski definition) is 2. The van der Waals surface area contributed by atoms with E-state index in [2.05, 4.69) is 19.9 Å². The van der Waals surface area contributed by atoms with Crippen LogP contribution in [0.25, 0.3) is 0 Å². The summed E-state index contributed by atoms with van der Waals surface area (Å²) < 4.78 is 11.1.